The highest BCUT2D eigenvalue weighted by molar-refractivity contribution is 7.87. The summed E-state index contributed by atoms with van der Waals surface area (Å²) in [5, 5.41) is 0.347. The van der Waals surface area contributed by atoms with Crippen LogP contribution in [-0.2, 0) is 10.1 Å². The van der Waals surface area contributed by atoms with E-state index >= 15 is 0 Å². The molecule has 108 valence electrons. The molecule has 1 heterocycles. The van der Waals surface area contributed by atoms with Crippen LogP contribution >= 0.6 is 12.6 Å². The predicted octanol–water partition coefficient (Wildman–Crippen LogP) is 2.76. The van der Waals surface area contributed by atoms with Crippen molar-refractivity contribution in [3.8, 4) is 5.75 Å². The molecule has 0 amide bonds. The van der Waals surface area contributed by atoms with E-state index in [4.69, 9.17) is 4.18 Å². The second-order valence-corrected chi connectivity index (χ2v) is 6.17. The minimum Gasteiger partial charge on any atom is -0.377 e. The smallest absolute Gasteiger partial charge is 0.339 e. The molecule has 0 aliphatic rings. The molecule has 0 bridgehead atoms. The third-order valence-electron chi connectivity index (χ3n) is 2.76. The first kappa shape index (κ1) is 13.9. The van der Waals surface area contributed by atoms with Gasteiger partial charge in [0.1, 0.15) is 16.2 Å². The van der Waals surface area contributed by atoms with Gasteiger partial charge in [-0.05, 0) is 36.4 Å². The summed E-state index contributed by atoms with van der Waals surface area (Å²) in [6.07, 6.45) is 0. The molecule has 0 saturated carbocycles. The topological polar surface area (TPSA) is 72.1 Å². The molecule has 0 fully saturated rings. The average molecular weight is 324 g/mol. The van der Waals surface area contributed by atoms with Gasteiger partial charge in [-0.1, -0.05) is 6.07 Å². The van der Waals surface area contributed by atoms with Crippen LogP contribution < -0.4 is 4.18 Å². The van der Waals surface area contributed by atoms with Gasteiger partial charge in [-0.3, -0.25) is 0 Å². The van der Waals surface area contributed by atoms with Crippen LogP contribution in [0.4, 0.5) is 4.39 Å². The van der Waals surface area contributed by atoms with E-state index in [1.54, 1.807) is 12.1 Å². The van der Waals surface area contributed by atoms with Crippen molar-refractivity contribution in [2.45, 2.75) is 10.1 Å². The summed E-state index contributed by atoms with van der Waals surface area (Å²) >= 11 is 4.07. The Hall–Kier alpha value is -2.06. The lowest BCUT2D eigenvalue weighted by molar-refractivity contribution is 0.488. The Morgan fingerprint density at radius 2 is 1.86 bits per heavy atom. The molecule has 8 heteroatoms. The second-order valence-electron chi connectivity index (χ2n) is 4.20. The van der Waals surface area contributed by atoms with Crippen LogP contribution in [0.15, 0.2) is 52.5 Å². The number of para-hydroxylation sites is 1. The number of aromatic nitrogens is 2. The first-order valence-electron chi connectivity index (χ1n) is 5.83. The van der Waals surface area contributed by atoms with Crippen molar-refractivity contribution in [1.29, 1.82) is 0 Å². The van der Waals surface area contributed by atoms with Gasteiger partial charge in [0, 0.05) is 0 Å². The number of nitrogens with zero attached hydrogens (tertiary/aromatic N) is 1. The largest absolute Gasteiger partial charge is 0.377 e. The normalized spacial score (nSPS) is 11.7. The van der Waals surface area contributed by atoms with Crippen LogP contribution in [-0.4, -0.2) is 18.4 Å². The molecule has 2 aromatic carbocycles. The van der Waals surface area contributed by atoms with E-state index in [2.05, 4.69) is 22.6 Å². The van der Waals surface area contributed by atoms with Gasteiger partial charge in [-0.2, -0.15) is 8.42 Å². The number of nitrogens with one attached hydrogen (secondary N) is 1. The molecule has 3 rings (SSSR count). The van der Waals surface area contributed by atoms with E-state index in [1.807, 2.05) is 0 Å². The Morgan fingerprint density at radius 3 is 2.57 bits per heavy atom. The number of imidazole rings is 1. The number of thiol groups is 1. The Kier molecular flexibility index (Phi) is 3.34. The van der Waals surface area contributed by atoms with Crippen molar-refractivity contribution < 1.29 is 17.0 Å². The van der Waals surface area contributed by atoms with E-state index in [1.165, 1.54) is 6.07 Å². The maximum Gasteiger partial charge on any atom is 0.339 e. The van der Waals surface area contributed by atoms with Gasteiger partial charge in [0.15, 0.2) is 10.9 Å². The number of aromatic amines is 1. The molecule has 0 aliphatic carbocycles. The van der Waals surface area contributed by atoms with Crippen molar-refractivity contribution >= 4 is 33.8 Å². The average Bonchev–Trinajstić information content (AvgIpc) is 2.80. The van der Waals surface area contributed by atoms with Gasteiger partial charge in [0.2, 0.25) is 0 Å². The summed E-state index contributed by atoms with van der Waals surface area (Å²) < 4.78 is 42.3. The zero-order valence-electron chi connectivity index (χ0n) is 10.4. The third kappa shape index (κ3) is 2.72. The molecular formula is C13H9FN2O3S2. The highest BCUT2D eigenvalue weighted by Crippen LogP contribution is 2.27. The third-order valence-corrected chi connectivity index (χ3v) is 4.23. The van der Waals surface area contributed by atoms with Crippen LogP contribution in [0.1, 0.15) is 0 Å². The molecule has 21 heavy (non-hydrogen) atoms. The standard InChI is InChI=1S/C13H9FN2O3S2/c14-8-4-6-9(7-5-8)21(17,18)19-11-3-1-2-10-12(11)16-13(20)15-10/h1-7H,(H2,15,16,20). The van der Waals surface area contributed by atoms with Crippen molar-refractivity contribution in [2.24, 2.45) is 0 Å². The van der Waals surface area contributed by atoms with Crippen LogP contribution in [0.3, 0.4) is 0 Å². The lowest BCUT2D eigenvalue weighted by atomic mass is 10.3. The van der Waals surface area contributed by atoms with Crippen LogP contribution in [0, 0.1) is 5.82 Å². The molecule has 0 saturated heterocycles. The fourth-order valence-electron chi connectivity index (χ4n) is 1.83. The zero-order chi connectivity index (χ0) is 15.0. The molecule has 1 aromatic heterocycles. The molecule has 0 spiro atoms. The number of H-pyrrole nitrogens is 1. The second kappa shape index (κ2) is 5.05. The number of fused-ring (bicyclic) bond motifs is 1. The van der Waals surface area contributed by atoms with Gasteiger partial charge in [-0.25, -0.2) is 9.37 Å². The Bertz CT molecular complexity index is 905. The van der Waals surface area contributed by atoms with Crippen molar-refractivity contribution in [2.75, 3.05) is 0 Å². The zero-order valence-corrected chi connectivity index (χ0v) is 12.2. The molecule has 1 N–H and O–H groups in total. The fraction of sp³-hybridized carbons (Fsp3) is 0. The summed E-state index contributed by atoms with van der Waals surface area (Å²) in [4.78, 5) is 6.79. The lowest BCUT2D eigenvalue weighted by Crippen LogP contribution is -2.10. The van der Waals surface area contributed by atoms with Crippen LogP contribution in [0.2, 0.25) is 0 Å². The summed E-state index contributed by atoms with van der Waals surface area (Å²) in [6.45, 7) is 0. The van der Waals surface area contributed by atoms with E-state index in [0.29, 0.717) is 16.2 Å². The SMILES string of the molecule is O=S(=O)(Oc1cccc2[nH]c(S)nc12)c1ccc(F)cc1. The summed E-state index contributed by atoms with van der Waals surface area (Å²) in [5.74, 6) is -0.448. The fourth-order valence-corrected chi connectivity index (χ4v) is 2.98. The first-order valence-corrected chi connectivity index (χ1v) is 7.69. The Balaban J connectivity index is 2.03. The number of benzene rings is 2. The van der Waals surface area contributed by atoms with Crippen molar-refractivity contribution in [3.05, 3.63) is 48.3 Å². The molecular weight excluding hydrogens is 315 g/mol. The maximum absolute atomic E-state index is 12.9. The monoisotopic (exact) mass is 324 g/mol. The molecule has 0 radical (unpaired) electrons. The minimum atomic E-state index is -4.06. The van der Waals surface area contributed by atoms with E-state index in [-0.39, 0.29) is 10.6 Å². The minimum absolute atomic E-state index is 0.0772. The predicted molar refractivity (Wildman–Crippen MR) is 77.6 cm³/mol. The van der Waals surface area contributed by atoms with Crippen molar-refractivity contribution in [1.82, 2.24) is 9.97 Å². The van der Waals surface area contributed by atoms with Gasteiger partial charge < -0.3 is 9.17 Å². The van der Waals surface area contributed by atoms with Crippen molar-refractivity contribution in [3.63, 3.8) is 0 Å². The molecule has 0 unspecified atom stereocenters. The summed E-state index contributed by atoms with van der Waals surface area (Å²) in [6, 6.07) is 9.22. The highest BCUT2D eigenvalue weighted by atomic mass is 32.2. The summed E-state index contributed by atoms with van der Waals surface area (Å²) in [5.41, 5.74) is 0.958. The highest BCUT2D eigenvalue weighted by Gasteiger charge is 2.19. The molecule has 3 aromatic rings. The van der Waals surface area contributed by atoms with Gasteiger partial charge in [0.25, 0.3) is 0 Å². The van der Waals surface area contributed by atoms with Gasteiger partial charge in [-0.15, -0.1) is 12.6 Å². The summed E-state index contributed by atoms with van der Waals surface area (Å²) in [7, 11) is -4.06. The first-order chi connectivity index (χ1) is 9.95. The number of hydrogen-bond donors (Lipinski definition) is 2. The van der Waals surface area contributed by atoms with Crippen LogP contribution in [0.5, 0.6) is 5.75 Å². The van der Waals surface area contributed by atoms with E-state index in [9.17, 15) is 12.8 Å². The molecule has 0 atom stereocenters. The molecule has 0 aliphatic heterocycles. The maximum atomic E-state index is 12.9. The number of halogens is 1. The van der Waals surface area contributed by atoms with E-state index < -0.39 is 15.9 Å². The van der Waals surface area contributed by atoms with Gasteiger partial charge >= 0.3 is 10.1 Å². The lowest BCUT2D eigenvalue weighted by Gasteiger charge is -2.07. The Morgan fingerprint density at radius 1 is 1.14 bits per heavy atom. The number of rotatable bonds is 3. The van der Waals surface area contributed by atoms with Crippen LogP contribution in [0.25, 0.3) is 11.0 Å². The van der Waals surface area contributed by atoms with E-state index in [0.717, 1.165) is 24.3 Å². The Labute approximate surface area is 125 Å². The molecule has 5 nitrogen and oxygen atoms in total. The number of hydrogen-bond acceptors (Lipinski definition) is 5. The van der Waals surface area contributed by atoms with Gasteiger partial charge in [0.05, 0.1) is 5.52 Å². The quantitative estimate of drug-likeness (QED) is 0.574.